The molecule has 2 atom stereocenters. The Bertz CT molecular complexity index is 432. The lowest BCUT2D eigenvalue weighted by atomic mass is 9.82. The third-order valence-electron chi connectivity index (χ3n) is 4.33. The standard InChI is InChI=1S/C14H20N2O/c1-10-13-8-12(17)6-5-11(13)9-16-14(10)4-3-7-15(16)2/h5-6,8,10,14,17H,3-4,7,9H2,1-2H3/t10-,14+/m1/s1. The van der Waals surface area contributed by atoms with Gasteiger partial charge < -0.3 is 5.11 Å². The van der Waals surface area contributed by atoms with Gasteiger partial charge >= 0.3 is 0 Å². The van der Waals surface area contributed by atoms with Crippen LogP contribution in [0.2, 0.25) is 0 Å². The average Bonchev–Trinajstić information content (AvgIpc) is 2.32. The zero-order valence-corrected chi connectivity index (χ0v) is 10.6. The average molecular weight is 232 g/mol. The molecule has 0 aromatic heterocycles. The second-order valence-electron chi connectivity index (χ2n) is 5.36. The first-order valence-electron chi connectivity index (χ1n) is 6.46. The number of benzene rings is 1. The Balaban J connectivity index is 2.00. The molecule has 3 nitrogen and oxygen atoms in total. The number of nitrogens with zero attached hydrogens (tertiary/aromatic N) is 2. The molecule has 1 saturated heterocycles. The van der Waals surface area contributed by atoms with Gasteiger partial charge in [0, 0.05) is 26.2 Å². The van der Waals surface area contributed by atoms with E-state index in [1.54, 1.807) is 6.07 Å². The van der Waals surface area contributed by atoms with Crippen molar-refractivity contribution in [1.82, 2.24) is 10.0 Å². The predicted molar refractivity (Wildman–Crippen MR) is 67.7 cm³/mol. The van der Waals surface area contributed by atoms with Gasteiger partial charge in [0.05, 0.1) is 0 Å². The van der Waals surface area contributed by atoms with Crippen LogP contribution in [0.4, 0.5) is 0 Å². The quantitative estimate of drug-likeness (QED) is 0.743. The zero-order chi connectivity index (χ0) is 12.0. The van der Waals surface area contributed by atoms with Crippen LogP contribution in [0, 0.1) is 0 Å². The summed E-state index contributed by atoms with van der Waals surface area (Å²) in [5.74, 6) is 0.904. The van der Waals surface area contributed by atoms with E-state index in [0.717, 1.165) is 13.1 Å². The second kappa shape index (κ2) is 4.00. The molecule has 2 aliphatic heterocycles. The van der Waals surface area contributed by atoms with Crippen molar-refractivity contribution >= 4 is 0 Å². The van der Waals surface area contributed by atoms with Gasteiger partial charge in [-0.15, -0.1) is 0 Å². The molecule has 0 bridgehead atoms. The van der Waals surface area contributed by atoms with Crippen molar-refractivity contribution in [2.75, 3.05) is 13.6 Å². The molecule has 0 spiro atoms. The predicted octanol–water partition coefficient (Wildman–Crippen LogP) is 2.32. The molecular formula is C14H20N2O. The van der Waals surface area contributed by atoms with Crippen molar-refractivity contribution in [3.05, 3.63) is 29.3 Å². The molecule has 2 heterocycles. The number of hydrogen-bond donors (Lipinski definition) is 1. The number of phenolic OH excluding ortho intramolecular Hbond substituents is 1. The summed E-state index contributed by atoms with van der Waals surface area (Å²) in [6.45, 7) is 4.44. The summed E-state index contributed by atoms with van der Waals surface area (Å²) in [5.41, 5.74) is 2.70. The van der Waals surface area contributed by atoms with Gasteiger partial charge in [0.15, 0.2) is 0 Å². The molecule has 1 aromatic rings. The number of hydrogen-bond acceptors (Lipinski definition) is 3. The Hall–Kier alpha value is -1.06. The molecule has 1 aromatic carbocycles. The Morgan fingerprint density at radius 3 is 3.00 bits per heavy atom. The van der Waals surface area contributed by atoms with Crippen molar-refractivity contribution < 1.29 is 5.11 Å². The monoisotopic (exact) mass is 232 g/mol. The molecule has 3 rings (SSSR count). The van der Waals surface area contributed by atoms with E-state index in [2.05, 4.69) is 30.1 Å². The minimum Gasteiger partial charge on any atom is -0.508 e. The van der Waals surface area contributed by atoms with E-state index >= 15 is 0 Å². The summed E-state index contributed by atoms with van der Waals surface area (Å²) in [4.78, 5) is 0. The fraction of sp³-hybridized carbons (Fsp3) is 0.571. The molecule has 0 aliphatic carbocycles. The molecule has 1 fully saturated rings. The Kier molecular flexibility index (Phi) is 2.60. The van der Waals surface area contributed by atoms with Crippen LogP contribution in [-0.4, -0.2) is 34.8 Å². The number of hydrazine groups is 1. The smallest absolute Gasteiger partial charge is 0.115 e. The van der Waals surface area contributed by atoms with E-state index in [1.807, 2.05) is 6.07 Å². The minimum absolute atomic E-state index is 0.396. The first-order valence-corrected chi connectivity index (χ1v) is 6.46. The van der Waals surface area contributed by atoms with Gasteiger partial charge in [-0.2, -0.15) is 0 Å². The third kappa shape index (κ3) is 1.74. The SMILES string of the molecule is C[C@@H]1c2cc(O)ccc2CN2[C@H]1CCCN2C. The lowest BCUT2D eigenvalue weighted by Gasteiger charge is -2.48. The van der Waals surface area contributed by atoms with Gasteiger partial charge in [-0.3, -0.25) is 0 Å². The number of phenols is 1. The highest BCUT2D eigenvalue weighted by atomic mass is 16.3. The number of fused-ring (bicyclic) bond motifs is 2. The van der Waals surface area contributed by atoms with Crippen LogP contribution < -0.4 is 0 Å². The normalized spacial score (nSPS) is 29.8. The maximum atomic E-state index is 9.63. The minimum atomic E-state index is 0.396. The van der Waals surface area contributed by atoms with Crippen molar-refractivity contribution in [2.45, 2.75) is 38.3 Å². The van der Waals surface area contributed by atoms with E-state index < -0.39 is 0 Å². The fourth-order valence-corrected chi connectivity index (χ4v) is 3.34. The molecule has 0 radical (unpaired) electrons. The Labute approximate surface area is 103 Å². The van der Waals surface area contributed by atoms with Crippen LogP contribution in [-0.2, 0) is 6.54 Å². The van der Waals surface area contributed by atoms with Crippen LogP contribution in [0.25, 0.3) is 0 Å². The number of rotatable bonds is 0. The molecule has 2 aliphatic rings. The van der Waals surface area contributed by atoms with Gasteiger partial charge in [0.2, 0.25) is 0 Å². The van der Waals surface area contributed by atoms with E-state index in [4.69, 9.17) is 0 Å². The largest absolute Gasteiger partial charge is 0.508 e. The van der Waals surface area contributed by atoms with Crippen LogP contribution in [0.3, 0.4) is 0 Å². The number of aromatic hydroxyl groups is 1. The Morgan fingerprint density at radius 2 is 2.18 bits per heavy atom. The summed E-state index contributed by atoms with van der Waals surface area (Å²) >= 11 is 0. The Morgan fingerprint density at radius 1 is 1.35 bits per heavy atom. The molecule has 0 unspecified atom stereocenters. The van der Waals surface area contributed by atoms with E-state index in [-0.39, 0.29) is 0 Å². The first-order chi connectivity index (χ1) is 8.16. The van der Waals surface area contributed by atoms with Crippen LogP contribution >= 0.6 is 0 Å². The summed E-state index contributed by atoms with van der Waals surface area (Å²) < 4.78 is 0. The fourth-order valence-electron chi connectivity index (χ4n) is 3.34. The van der Waals surface area contributed by atoms with Crippen molar-refractivity contribution in [3.8, 4) is 5.75 Å². The van der Waals surface area contributed by atoms with Crippen molar-refractivity contribution in [2.24, 2.45) is 0 Å². The second-order valence-corrected chi connectivity index (χ2v) is 5.36. The van der Waals surface area contributed by atoms with E-state index in [1.165, 1.54) is 24.0 Å². The highest BCUT2D eigenvalue weighted by Crippen LogP contribution is 2.38. The highest BCUT2D eigenvalue weighted by Gasteiger charge is 2.36. The molecule has 1 N–H and O–H groups in total. The van der Waals surface area contributed by atoms with Gasteiger partial charge in [-0.1, -0.05) is 13.0 Å². The summed E-state index contributed by atoms with van der Waals surface area (Å²) in [6.07, 6.45) is 2.54. The molecule has 0 saturated carbocycles. The van der Waals surface area contributed by atoms with Gasteiger partial charge in [-0.05, 0) is 42.0 Å². The van der Waals surface area contributed by atoms with Crippen molar-refractivity contribution in [1.29, 1.82) is 0 Å². The first kappa shape index (κ1) is 11.1. The molecule has 0 amide bonds. The summed E-state index contributed by atoms with van der Waals surface area (Å²) in [6, 6.07) is 6.42. The van der Waals surface area contributed by atoms with E-state index in [9.17, 15) is 5.11 Å². The molecule has 92 valence electrons. The third-order valence-corrected chi connectivity index (χ3v) is 4.33. The van der Waals surface area contributed by atoms with E-state index in [0.29, 0.717) is 17.7 Å². The molecule has 3 heteroatoms. The maximum absolute atomic E-state index is 9.63. The van der Waals surface area contributed by atoms with Crippen LogP contribution in [0.5, 0.6) is 5.75 Å². The van der Waals surface area contributed by atoms with Crippen LogP contribution in [0.15, 0.2) is 18.2 Å². The zero-order valence-electron chi connectivity index (χ0n) is 10.6. The summed E-state index contributed by atoms with van der Waals surface area (Å²) in [7, 11) is 2.18. The lowest BCUT2D eigenvalue weighted by molar-refractivity contribution is -0.0917. The van der Waals surface area contributed by atoms with Gasteiger partial charge in [0.25, 0.3) is 0 Å². The van der Waals surface area contributed by atoms with Gasteiger partial charge in [-0.25, -0.2) is 10.0 Å². The van der Waals surface area contributed by atoms with Crippen molar-refractivity contribution in [3.63, 3.8) is 0 Å². The molecular weight excluding hydrogens is 212 g/mol. The van der Waals surface area contributed by atoms with Gasteiger partial charge in [0.1, 0.15) is 5.75 Å². The topological polar surface area (TPSA) is 26.7 Å². The lowest BCUT2D eigenvalue weighted by Crippen LogP contribution is -2.54. The maximum Gasteiger partial charge on any atom is 0.115 e. The molecule has 17 heavy (non-hydrogen) atoms. The summed E-state index contributed by atoms with van der Waals surface area (Å²) in [5, 5.41) is 14.5. The highest BCUT2D eigenvalue weighted by molar-refractivity contribution is 5.39. The van der Waals surface area contributed by atoms with Crippen LogP contribution in [0.1, 0.15) is 36.8 Å².